The molecule has 1 aromatic heterocycles. The number of ether oxygens (including phenoxy) is 2. The van der Waals surface area contributed by atoms with Gasteiger partial charge in [0.25, 0.3) is 5.91 Å². The highest BCUT2D eigenvalue weighted by atomic mass is 16.6. The Morgan fingerprint density at radius 1 is 1.19 bits per heavy atom. The molecule has 188 valence electrons. The number of nitriles is 1. The number of hydrazone groups is 1. The van der Waals surface area contributed by atoms with E-state index >= 15 is 0 Å². The second kappa shape index (κ2) is 10.0. The number of amides is 1. The highest BCUT2D eigenvalue weighted by Crippen LogP contribution is 2.31. The Labute approximate surface area is 216 Å². The van der Waals surface area contributed by atoms with E-state index < -0.39 is 5.41 Å². The van der Waals surface area contributed by atoms with Gasteiger partial charge in [-0.05, 0) is 67.8 Å². The summed E-state index contributed by atoms with van der Waals surface area (Å²) in [5, 5.41) is 19.0. The zero-order chi connectivity index (χ0) is 26.0. The molecular weight excluding hydrogens is 466 g/mol. The van der Waals surface area contributed by atoms with Gasteiger partial charge in [-0.3, -0.25) is 14.8 Å². The predicted molar refractivity (Wildman–Crippen MR) is 142 cm³/mol. The van der Waals surface area contributed by atoms with E-state index in [-0.39, 0.29) is 17.9 Å². The number of pyridine rings is 1. The fourth-order valence-corrected chi connectivity index (χ4v) is 4.25. The summed E-state index contributed by atoms with van der Waals surface area (Å²) in [5.41, 5.74) is 4.31. The van der Waals surface area contributed by atoms with Gasteiger partial charge in [-0.25, -0.2) is 0 Å². The topological polar surface area (TPSA) is 99.8 Å². The normalized spacial score (nSPS) is 17.2. The molecule has 2 aliphatic heterocycles. The molecule has 2 aliphatic rings. The van der Waals surface area contributed by atoms with Crippen LogP contribution in [0.5, 0.6) is 5.75 Å². The first-order valence-electron chi connectivity index (χ1n) is 12.3. The molecule has 8 nitrogen and oxygen atoms in total. The Kier molecular flexibility index (Phi) is 6.64. The van der Waals surface area contributed by atoms with Crippen molar-refractivity contribution in [3.8, 4) is 11.8 Å². The Morgan fingerprint density at radius 3 is 2.78 bits per heavy atom. The molecule has 0 spiro atoms. The first-order chi connectivity index (χ1) is 17.8. The van der Waals surface area contributed by atoms with Gasteiger partial charge in [0, 0.05) is 29.6 Å². The fourth-order valence-electron chi connectivity index (χ4n) is 4.25. The third-order valence-corrected chi connectivity index (χ3v) is 6.70. The lowest BCUT2D eigenvalue weighted by atomic mass is 9.85. The highest BCUT2D eigenvalue weighted by Gasteiger charge is 2.25. The Bertz CT molecular complexity index is 1390. The van der Waals surface area contributed by atoms with Gasteiger partial charge in [0.1, 0.15) is 11.9 Å². The van der Waals surface area contributed by atoms with E-state index in [2.05, 4.69) is 21.5 Å². The molecular formula is C29H29N5O3. The summed E-state index contributed by atoms with van der Waals surface area (Å²) in [6, 6.07) is 17.3. The highest BCUT2D eigenvalue weighted by molar-refractivity contribution is 6.04. The molecule has 1 amide bonds. The average Bonchev–Trinajstić information content (AvgIpc) is 3.38. The molecule has 8 heteroatoms. The van der Waals surface area contributed by atoms with Crippen molar-refractivity contribution in [1.82, 2.24) is 4.98 Å². The molecule has 37 heavy (non-hydrogen) atoms. The number of anilines is 2. The van der Waals surface area contributed by atoms with E-state index in [0.29, 0.717) is 31.0 Å². The minimum Gasteiger partial charge on any atom is -0.484 e. The monoisotopic (exact) mass is 495 g/mol. The summed E-state index contributed by atoms with van der Waals surface area (Å²) >= 11 is 0. The SMILES string of the molecule is Cc1ccc(NC(=O)c2cccc(C(C)(C)C#N)c2)cc1N1CC(c2cncc(OC3COC3)c2)C=N1. The zero-order valence-electron chi connectivity index (χ0n) is 21.1. The van der Waals surface area contributed by atoms with Crippen molar-refractivity contribution in [3.05, 3.63) is 83.2 Å². The molecule has 1 atom stereocenters. The number of benzene rings is 2. The number of aromatic nitrogens is 1. The predicted octanol–water partition coefficient (Wildman–Crippen LogP) is 4.81. The molecule has 1 N–H and O–H groups in total. The van der Waals surface area contributed by atoms with Crippen molar-refractivity contribution in [2.75, 3.05) is 30.1 Å². The Balaban J connectivity index is 1.29. The van der Waals surface area contributed by atoms with Crippen LogP contribution >= 0.6 is 0 Å². The van der Waals surface area contributed by atoms with Crippen LogP contribution in [0.1, 0.15) is 46.8 Å². The molecule has 1 fully saturated rings. The summed E-state index contributed by atoms with van der Waals surface area (Å²) < 4.78 is 11.1. The van der Waals surface area contributed by atoms with Gasteiger partial charge in [0.05, 0.1) is 43.1 Å². The van der Waals surface area contributed by atoms with Crippen LogP contribution in [0.2, 0.25) is 0 Å². The Hall–Kier alpha value is -4.22. The molecule has 1 saturated heterocycles. The van der Waals surface area contributed by atoms with Crippen LogP contribution in [0.3, 0.4) is 0 Å². The number of rotatable bonds is 7. The number of nitrogens with zero attached hydrogens (tertiary/aromatic N) is 4. The molecule has 2 aromatic carbocycles. The van der Waals surface area contributed by atoms with Crippen molar-refractivity contribution in [1.29, 1.82) is 5.26 Å². The van der Waals surface area contributed by atoms with Crippen molar-refractivity contribution >= 4 is 23.5 Å². The molecule has 1 unspecified atom stereocenters. The van der Waals surface area contributed by atoms with E-state index in [4.69, 9.17) is 9.47 Å². The van der Waals surface area contributed by atoms with E-state index in [1.54, 1.807) is 24.4 Å². The second-order valence-electron chi connectivity index (χ2n) is 9.96. The maximum Gasteiger partial charge on any atom is 0.255 e. The van der Waals surface area contributed by atoms with Gasteiger partial charge >= 0.3 is 0 Å². The molecule has 0 bridgehead atoms. The second-order valence-corrected chi connectivity index (χ2v) is 9.96. The lowest BCUT2D eigenvalue weighted by Crippen LogP contribution is -2.38. The summed E-state index contributed by atoms with van der Waals surface area (Å²) in [6.45, 7) is 7.57. The summed E-state index contributed by atoms with van der Waals surface area (Å²) in [7, 11) is 0. The standard InChI is InChI=1S/C29H29N5O3/c1-19-7-8-24(33-28(35)20-5-4-6-23(9-20)29(2,3)18-30)11-27(19)34-15-22(13-32-34)21-10-25(14-31-12-21)37-26-16-36-17-26/h4-14,22,26H,15-17H2,1-3H3,(H,33,35). The van der Waals surface area contributed by atoms with Crippen LogP contribution in [0.25, 0.3) is 0 Å². The van der Waals surface area contributed by atoms with Crippen molar-refractivity contribution in [2.45, 2.75) is 38.2 Å². The lowest BCUT2D eigenvalue weighted by Gasteiger charge is -2.26. The van der Waals surface area contributed by atoms with Crippen LogP contribution in [-0.2, 0) is 10.2 Å². The van der Waals surface area contributed by atoms with Crippen LogP contribution < -0.4 is 15.1 Å². The molecule has 5 rings (SSSR count). The van der Waals surface area contributed by atoms with Gasteiger partial charge in [-0.15, -0.1) is 0 Å². The van der Waals surface area contributed by atoms with Gasteiger partial charge in [-0.2, -0.15) is 10.4 Å². The first-order valence-corrected chi connectivity index (χ1v) is 12.3. The molecule has 3 heterocycles. The first kappa shape index (κ1) is 24.5. The average molecular weight is 496 g/mol. The molecule has 0 saturated carbocycles. The summed E-state index contributed by atoms with van der Waals surface area (Å²) in [5.74, 6) is 0.575. The van der Waals surface area contributed by atoms with Crippen molar-refractivity contribution < 1.29 is 14.3 Å². The number of nitrogens with one attached hydrogen (secondary N) is 1. The number of hydrogen-bond acceptors (Lipinski definition) is 7. The third kappa shape index (κ3) is 5.32. The fraction of sp³-hybridized carbons (Fsp3) is 0.310. The van der Waals surface area contributed by atoms with Gasteiger partial charge in [0.2, 0.25) is 0 Å². The van der Waals surface area contributed by atoms with E-state index in [0.717, 1.165) is 28.1 Å². The van der Waals surface area contributed by atoms with E-state index in [9.17, 15) is 10.1 Å². The van der Waals surface area contributed by atoms with Crippen molar-refractivity contribution in [3.63, 3.8) is 0 Å². The van der Waals surface area contributed by atoms with E-state index in [1.165, 1.54) is 0 Å². The zero-order valence-corrected chi connectivity index (χ0v) is 21.1. The minimum absolute atomic E-state index is 0.0672. The maximum absolute atomic E-state index is 13.0. The molecule has 0 aliphatic carbocycles. The molecule has 0 radical (unpaired) electrons. The number of hydrogen-bond donors (Lipinski definition) is 1. The van der Waals surface area contributed by atoms with Crippen LogP contribution in [0, 0.1) is 18.3 Å². The summed E-state index contributed by atoms with van der Waals surface area (Å²) in [4.78, 5) is 17.4. The van der Waals surface area contributed by atoms with Gasteiger partial charge < -0.3 is 14.8 Å². The minimum atomic E-state index is -0.676. The quantitative estimate of drug-likeness (QED) is 0.505. The van der Waals surface area contributed by atoms with Crippen LogP contribution in [0.4, 0.5) is 11.4 Å². The lowest BCUT2D eigenvalue weighted by molar-refractivity contribution is -0.0798. The van der Waals surface area contributed by atoms with Crippen LogP contribution in [0.15, 0.2) is 66.0 Å². The van der Waals surface area contributed by atoms with Crippen LogP contribution in [-0.4, -0.2) is 43.0 Å². The van der Waals surface area contributed by atoms with Gasteiger partial charge in [-0.1, -0.05) is 18.2 Å². The van der Waals surface area contributed by atoms with E-state index in [1.807, 2.05) is 68.5 Å². The number of carbonyl (C=O) groups is 1. The smallest absolute Gasteiger partial charge is 0.255 e. The van der Waals surface area contributed by atoms with Gasteiger partial charge in [0.15, 0.2) is 0 Å². The number of aryl methyl sites for hydroxylation is 1. The van der Waals surface area contributed by atoms with Crippen molar-refractivity contribution in [2.24, 2.45) is 5.10 Å². The molecule has 3 aromatic rings. The Morgan fingerprint density at radius 2 is 2.03 bits per heavy atom. The number of carbonyl (C=O) groups excluding carboxylic acids is 1. The largest absolute Gasteiger partial charge is 0.484 e. The summed E-state index contributed by atoms with van der Waals surface area (Å²) in [6.07, 6.45) is 5.57. The maximum atomic E-state index is 13.0. The third-order valence-electron chi connectivity index (χ3n) is 6.70.